The summed E-state index contributed by atoms with van der Waals surface area (Å²) >= 11 is 0. The standard InChI is InChI=1S/C21H25N3O5/c25-18-12-17(16-4-2-1-3-5-16)22-15-24(18)14-21(28)6-9-23(19(26)27)13-20(21)7-10-29-11-8-20/h1-5,12,15,28H,6-11,13-14H2,(H,26,27). The molecule has 0 saturated carbocycles. The van der Waals surface area contributed by atoms with Crippen molar-refractivity contribution in [3.05, 3.63) is 53.1 Å². The van der Waals surface area contributed by atoms with Crippen LogP contribution in [0.1, 0.15) is 19.3 Å². The summed E-state index contributed by atoms with van der Waals surface area (Å²) in [6.07, 6.45) is 1.87. The van der Waals surface area contributed by atoms with Crippen LogP contribution in [-0.4, -0.2) is 62.7 Å². The number of hydrogen-bond acceptors (Lipinski definition) is 5. The van der Waals surface area contributed by atoms with Gasteiger partial charge < -0.3 is 19.8 Å². The van der Waals surface area contributed by atoms with Crippen molar-refractivity contribution >= 4 is 6.09 Å². The first-order valence-corrected chi connectivity index (χ1v) is 9.82. The van der Waals surface area contributed by atoms with Crippen molar-refractivity contribution in [3.63, 3.8) is 0 Å². The van der Waals surface area contributed by atoms with Crippen molar-refractivity contribution in [1.29, 1.82) is 0 Å². The Hall–Kier alpha value is -2.71. The van der Waals surface area contributed by atoms with Crippen LogP contribution in [0, 0.1) is 5.41 Å². The van der Waals surface area contributed by atoms with Crippen LogP contribution in [0.2, 0.25) is 0 Å². The molecule has 2 aliphatic rings. The molecule has 4 rings (SSSR count). The van der Waals surface area contributed by atoms with Crippen LogP contribution in [-0.2, 0) is 11.3 Å². The van der Waals surface area contributed by atoms with E-state index < -0.39 is 17.1 Å². The lowest BCUT2D eigenvalue weighted by molar-refractivity contribution is -0.174. The van der Waals surface area contributed by atoms with E-state index in [1.165, 1.54) is 21.9 Å². The minimum absolute atomic E-state index is 0.0847. The maximum absolute atomic E-state index is 12.8. The van der Waals surface area contributed by atoms with E-state index in [2.05, 4.69) is 4.98 Å². The fraction of sp³-hybridized carbons (Fsp3) is 0.476. The van der Waals surface area contributed by atoms with E-state index in [1.54, 1.807) is 0 Å². The van der Waals surface area contributed by atoms with Crippen molar-refractivity contribution in [2.75, 3.05) is 26.3 Å². The SMILES string of the molecule is O=C(O)N1CCC(O)(Cn2cnc(-c3ccccc3)cc2=O)C2(CCOCC2)C1. The molecular formula is C21H25N3O5. The molecular weight excluding hydrogens is 374 g/mol. The zero-order chi connectivity index (χ0) is 20.5. The third-order valence-corrected chi connectivity index (χ3v) is 6.38. The predicted molar refractivity (Wildman–Crippen MR) is 106 cm³/mol. The van der Waals surface area contributed by atoms with Gasteiger partial charge in [0.15, 0.2) is 0 Å². The second-order valence-electron chi connectivity index (χ2n) is 7.98. The summed E-state index contributed by atoms with van der Waals surface area (Å²) in [5.41, 5.74) is -0.649. The first-order chi connectivity index (χ1) is 13.9. The Bertz CT molecular complexity index is 939. The maximum Gasteiger partial charge on any atom is 0.407 e. The van der Waals surface area contributed by atoms with Crippen LogP contribution in [0.5, 0.6) is 0 Å². The van der Waals surface area contributed by atoms with E-state index in [4.69, 9.17) is 4.74 Å². The molecule has 1 aromatic heterocycles. The molecule has 1 unspecified atom stereocenters. The Kier molecular flexibility index (Phi) is 5.14. The number of nitrogens with zero attached hydrogens (tertiary/aromatic N) is 3. The summed E-state index contributed by atoms with van der Waals surface area (Å²) < 4.78 is 6.90. The first-order valence-electron chi connectivity index (χ1n) is 9.82. The maximum atomic E-state index is 12.8. The highest BCUT2D eigenvalue weighted by atomic mass is 16.5. The number of piperidine rings is 1. The molecule has 29 heavy (non-hydrogen) atoms. The fourth-order valence-corrected chi connectivity index (χ4v) is 4.57. The molecule has 1 aromatic carbocycles. The third kappa shape index (κ3) is 3.65. The number of benzene rings is 1. The van der Waals surface area contributed by atoms with Gasteiger partial charge in [0.2, 0.25) is 0 Å². The Balaban J connectivity index is 1.63. The number of ether oxygens (including phenoxy) is 1. The summed E-state index contributed by atoms with van der Waals surface area (Å²) in [4.78, 5) is 30.0. The highest BCUT2D eigenvalue weighted by Crippen LogP contribution is 2.47. The van der Waals surface area contributed by atoms with Gasteiger partial charge in [-0.2, -0.15) is 0 Å². The summed E-state index contributed by atoms with van der Waals surface area (Å²) in [5.74, 6) is 0. The molecule has 8 nitrogen and oxygen atoms in total. The minimum atomic E-state index is -1.21. The Morgan fingerprint density at radius 1 is 1.17 bits per heavy atom. The number of amides is 1. The molecule has 2 N–H and O–H groups in total. The fourth-order valence-electron chi connectivity index (χ4n) is 4.57. The molecule has 8 heteroatoms. The molecule has 2 fully saturated rings. The zero-order valence-electron chi connectivity index (χ0n) is 16.2. The molecule has 1 amide bonds. The number of hydrogen-bond donors (Lipinski definition) is 2. The van der Waals surface area contributed by atoms with Crippen molar-refractivity contribution in [1.82, 2.24) is 14.5 Å². The van der Waals surface area contributed by atoms with Gasteiger partial charge in [0.1, 0.15) is 0 Å². The van der Waals surface area contributed by atoms with E-state index in [0.29, 0.717) is 31.7 Å². The van der Waals surface area contributed by atoms with Gasteiger partial charge in [-0.25, -0.2) is 9.78 Å². The second-order valence-corrected chi connectivity index (χ2v) is 7.98. The highest BCUT2D eigenvalue weighted by molar-refractivity contribution is 5.65. The molecule has 3 heterocycles. The predicted octanol–water partition coefficient (Wildman–Crippen LogP) is 1.82. The lowest BCUT2D eigenvalue weighted by Gasteiger charge is -2.54. The number of carboxylic acid groups (broad SMARTS) is 1. The first kappa shape index (κ1) is 19.6. The number of likely N-dealkylation sites (tertiary alicyclic amines) is 1. The van der Waals surface area contributed by atoms with Gasteiger partial charge in [-0.05, 0) is 19.3 Å². The van der Waals surface area contributed by atoms with Crippen LogP contribution >= 0.6 is 0 Å². The Morgan fingerprint density at radius 2 is 1.90 bits per heavy atom. The van der Waals surface area contributed by atoms with Gasteiger partial charge >= 0.3 is 6.09 Å². The summed E-state index contributed by atoms with van der Waals surface area (Å²) in [5, 5.41) is 21.1. The van der Waals surface area contributed by atoms with Crippen LogP contribution in [0.3, 0.4) is 0 Å². The van der Waals surface area contributed by atoms with Crippen molar-refractivity contribution in [2.24, 2.45) is 5.41 Å². The number of carbonyl (C=O) groups is 1. The van der Waals surface area contributed by atoms with E-state index in [1.807, 2.05) is 30.3 Å². The molecule has 154 valence electrons. The second kappa shape index (κ2) is 7.61. The smallest absolute Gasteiger partial charge is 0.407 e. The lowest BCUT2D eigenvalue weighted by Crippen LogP contribution is -2.64. The molecule has 2 aliphatic heterocycles. The summed E-state index contributed by atoms with van der Waals surface area (Å²) in [6.45, 7) is 1.50. The van der Waals surface area contributed by atoms with Gasteiger partial charge in [-0.3, -0.25) is 9.36 Å². The molecule has 0 bridgehead atoms. The molecule has 2 aromatic rings. The topological polar surface area (TPSA) is 105 Å². The third-order valence-electron chi connectivity index (χ3n) is 6.38. The minimum Gasteiger partial charge on any atom is -0.465 e. The van der Waals surface area contributed by atoms with Gasteiger partial charge in [-0.1, -0.05) is 30.3 Å². The monoisotopic (exact) mass is 399 g/mol. The van der Waals surface area contributed by atoms with Gasteiger partial charge in [-0.15, -0.1) is 0 Å². The van der Waals surface area contributed by atoms with Crippen molar-refractivity contribution < 1.29 is 19.7 Å². The Labute approximate surface area is 168 Å². The quantitative estimate of drug-likeness (QED) is 0.816. The number of rotatable bonds is 3. The summed E-state index contributed by atoms with van der Waals surface area (Å²) in [7, 11) is 0. The van der Waals surface area contributed by atoms with Crippen LogP contribution in [0.15, 0.2) is 47.5 Å². The lowest BCUT2D eigenvalue weighted by atomic mass is 9.63. The van der Waals surface area contributed by atoms with E-state index in [-0.39, 0.29) is 31.6 Å². The van der Waals surface area contributed by atoms with Crippen LogP contribution < -0.4 is 5.56 Å². The molecule has 0 aliphatic carbocycles. The Morgan fingerprint density at radius 3 is 2.55 bits per heavy atom. The molecule has 0 radical (unpaired) electrons. The largest absolute Gasteiger partial charge is 0.465 e. The van der Waals surface area contributed by atoms with Gasteiger partial charge in [0, 0.05) is 43.3 Å². The average Bonchev–Trinajstić information content (AvgIpc) is 2.73. The van der Waals surface area contributed by atoms with E-state index in [0.717, 1.165) is 5.56 Å². The van der Waals surface area contributed by atoms with Crippen molar-refractivity contribution in [2.45, 2.75) is 31.4 Å². The highest BCUT2D eigenvalue weighted by Gasteiger charge is 2.55. The molecule has 1 atom stereocenters. The van der Waals surface area contributed by atoms with Gasteiger partial charge in [0.05, 0.1) is 24.2 Å². The number of aromatic nitrogens is 2. The van der Waals surface area contributed by atoms with Gasteiger partial charge in [0.25, 0.3) is 5.56 Å². The van der Waals surface area contributed by atoms with Crippen LogP contribution in [0.25, 0.3) is 11.3 Å². The normalized spacial score (nSPS) is 23.8. The number of aliphatic hydroxyl groups is 1. The van der Waals surface area contributed by atoms with Crippen LogP contribution in [0.4, 0.5) is 4.79 Å². The van der Waals surface area contributed by atoms with Crippen molar-refractivity contribution in [3.8, 4) is 11.3 Å². The summed E-state index contributed by atoms with van der Waals surface area (Å²) in [6, 6.07) is 10.9. The van der Waals surface area contributed by atoms with E-state index >= 15 is 0 Å². The average molecular weight is 399 g/mol. The molecule has 2 saturated heterocycles. The molecule has 1 spiro atoms. The zero-order valence-corrected chi connectivity index (χ0v) is 16.2. The van der Waals surface area contributed by atoms with E-state index in [9.17, 15) is 19.8 Å².